The largest absolute Gasteiger partial charge is 0.481 e. The van der Waals surface area contributed by atoms with Crippen molar-refractivity contribution in [2.75, 3.05) is 0 Å². The molecule has 80 valence electrons. The summed E-state index contributed by atoms with van der Waals surface area (Å²) in [5.41, 5.74) is 1.18. The van der Waals surface area contributed by atoms with Gasteiger partial charge in [-0.15, -0.1) is 0 Å². The molecule has 2 unspecified atom stereocenters. The predicted molar refractivity (Wildman–Crippen MR) is 56.6 cm³/mol. The first-order valence-corrected chi connectivity index (χ1v) is 5.40. The summed E-state index contributed by atoms with van der Waals surface area (Å²) >= 11 is 0. The summed E-state index contributed by atoms with van der Waals surface area (Å²) in [7, 11) is 0. The highest BCUT2D eigenvalue weighted by Crippen LogP contribution is 2.35. The summed E-state index contributed by atoms with van der Waals surface area (Å²) in [5.74, 6) is -0.430. The molecule has 2 atom stereocenters. The Balaban J connectivity index is 2.08. The first-order valence-electron chi connectivity index (χ1n) is 5.40. The minimum Gasteiger partial charge on any atom is -0.481 e. The molecule has 1 N–H and O–H groups in total. The Morgan fingerprint density at radius 3 is 3.00 bits per heavy atom. The summed E-state index contributed by atoms with van der Waals surface area (Å²) < 4.78 is 0. The Morgan fingerprint density at radius 2 is 2.33 bits per heavy atom. The van der Waals surface area contributed by atoms with Gasteiger partial charge in [0.05, 0.1) is 5.92 Å². The molecular weight excluding hydrogens is 190 g/mol. The molecule has 1 aromatic rings. The second-order valence-corrected chi connectivity index (χ2v) is 4.19. The van der Waals surface area contributed by atoms with Crippen molar-refractivity contribution >= 4 is 5.97 Å². The maximum Gasteiger partial charge on any atom is 0.306 e. The van der Waals surface area contributed by atoms with Gasteiger partial charge in [-0.3, -0.25) is 9.78 Å². The molecule has 1 aliphatic carbocycles. The number of pyridine rings is 1. The van der Waals surface area contributed by atoms with E-state index in [9.17, 15) is 4.79 Å². The SMILES string of the molecule is O=C(O)C1CCCC(c2cccnc2)C1. The average Bonchev–Trinajstić information content (AvgIpc) is 2.30. The Hall–Kier alpha value is -1.38. The highest BCUT2D eigenvalue weighted by atomic mass is 16.4. The van der Waals surface area contributed by atoms with Crippen LogP contribution in [0, 0.1) is 5.92 Å². The van der Waals surface area contributed by atoms with Crippen LogP contribution in [-0.2, 0) is 4.79 Å². The van der Waals surface area contributed by atoms with Crippen molar-refractivity contribution < 1.29 is 9.90 Å². The van der Waals surface area contributed by atoms with Gasteiger partial charge >= 0.3 is 5.97 Å². The van der Waals surface area contributed by atoms with Gasteiger partial charge in [-0.25, -0.2) is 0 Å². The fourth-order valence-electron chi connectivity index (χ4n) is 2.33. The van der Waals surface area contributed by atoms with E-state index in [0.29, 0.717) is 5.92 Å². The number of aliphatic carboxylic acids is 1. The van der Waals surface area contributed by atoms with Crippen molar-refractivity contribution in [3.63, 3.8) is 0 Å². The van der Waals surface area contributed by atoms with Crippen LogP contribution in [0.3, 0.4) is 0 Å². The van der Waals surface area contributed by atoms with Crippen molar-refractivity contribution in [1.82, 2.24) is 4.98 Å². The molecule has 0 saturated heterocycles. The molecule has 0 aliphatic heterocycles. The number of hydrogen-bond acceptors (Lipinski definition) is 2. The molecule has 0 amide bonds. The van der Waals surface area contributed by atoms with Gasteiger partial charge in [0.1, 0.15) is 0 Å². The Kier molecular flexibility index (Phi) is 2.99. The van der Waals surface area contributed by atoms with E-state index in [0.717, 1.165) is 25.7 Å². The van der Waals surface area contributed by atoms with Crippen LogP contribution in [0.15, 0.2) is 24.5 Å². The highest BCUT2D eigenvalue weighted by molar-refractivity contribution is 5.70. The summed E-state index contributed by atoms with van der Waals surface area (Å²) in [6, 6.07) is 3.96. The second-order valence-electron chi connectivity index (χ2n) is 4.19. The molecule has 1 saturated carbocycles. The zero-order chi connectivity index (χ0) is 10.7. The second kappa shape index (κ2) is 4.43. The molecule has 3 heteroatoms. The summed E-state index contributed by atoms with van der Waals surface area (Å²) in [6.45, 7) is 0. The molecule has 1 aromatic heterocycles. The standard InChI is InChI=1S/C12H15NO2/c14-12(15)10-4-1-3-9(7-10)11-5-2-6-13-8-11/h2,5-6,8-10H,1,3-4,7H2,(H,14,15). The third-order valence-corrected chi connectivity index (χ3v) is 3.18. The molecule has 3 nitrogen and oxygen atoms in total. The van der Waals surface area contributed by atoms with Crippen molar-refractivity contribution in [2.24, 2.45) is 5.92 Å². The third kappa shape index (κ3) is 2.35. The van der Waals surface area contributed by atoms with Crippen LogP contribution >= 0.6 is 0 Å². The van der Waals surface area contributed by atoms with E-state index >= 15 is 0 Å². The van der Waals surface area contributed by atoms with Gasteiger partial charge in [0.2, 0.25) is 0 Å². The van der Waals surface area contributed by atoms with E-state index in [1.807, 2.05) is 18.3 Å². The molecule has 1 aliphatic rings. The zero-order valence-electron chi connectivity index (χ0n) is 8.60. The van der Waals surface area contributed by atoms with Crippen LogP contribution in [-0.4, -0.2) is 16.1 Å². The summed E-state index contributed by atoms with van der Waals surface area (Å²) in [6.07, 6.45) is 7.30. The van der Waals surface area contributed by atoms with Crippen LogP contribution < -0.4 is 0 Å². The molecule has 2 rings (SSSR count). The van der Waals surface area contributed by atoms with Gasteiger partial charge in [0, 0.05) is 12.4 Å². The van der Waals surface area contributed by atoms with E-state index in [2.05, 4.69) is 4.98 Å². The molecule has 1 fully saturated rings. The molecule has 0 spiro atoms. The van der Waals surface area contributed by atoms with Gasteiger partial charge in [-0.1, -0.05) is 12.5 Å². The number of aromatic nitrogens is 1. The molecule has 0 aromatic carbocycles. The summed E-state index contributed by atoms with van der Waals surface area (Å²) in [4.78, 5) is 15.0. The monoisotopic (exact) mass is 205 g/mol. The average molecular weight is 205 g/mol. The van der Waals surface area contributed by atoms with E-state index in [-0.39, 0.29) is 5.92 Å². The lowest BCUT2D eigenvalue weighted by Crippen LogP contribution is -2.21. The van der Waals surface area contributed by atoms with E-state index in [1.54, 1.807) is 6.20 Å². The van der Waals surface area contributed by atoms with Gasteiger partial charge in [-0.05, 0) is 36.8 Å². The normalized spacial score (nSPS) is 26.1. The lowest BCUT2D eigenvalue weighted by atomic mass is 9.78. The van der Waals surface area contributed by atoms with Crippen LogP contribution in [0.1, 0.15) is 37.2 Å². The van der Waals surface area contributed by atoms with E-state index < -0.39 is 5.97 Å². The first-order chi connectivity index (χ1) is 7.27. The Bertz CT molecular complexity index is 337. The highest BCUT2D eigenvalue weighted by Gasteiger charge is 2.27. The van der Waals surface area contributed by atoms with Gasteiger partial charge in [0.25, 0.3) is 0 Å². The number of nitrogens with zero attached hydrogens (tertiary/aromatic N) is 1. The van der Waals surface area contributed by atoms with Gasteiger partial charge < -0.3 is 5.11 Å². The van der Waals surface area contributed by atoms with E-state index in [1.165, 1.54) is 5.56 Å². The number of carbonyl (C=O) groups is 1. The van der Waals surface area contributed by atoms with Crippen LogP contribution in [0.4, 0.5) is 0 Å². The quantitative estimate of drug-likeness (QED) is 0.806. The number of carboxylic acids is 1. The maximum absolute atomic E-state index is 10.9. The lowest BCUT2D eigenvalue weighted by molar-refractivity contribution is -0.142. The first kappa shape index (κ1) is 10.1. The van der Waals surface area contributed by atoms with Crippen LogP contribution in [0.2, 0.25) is 0 Å². The number of carboxylic acid groups (broad SMARTS) is 1. The van der Waals surface area contributed by atoms with Crippen molar-refractivity contribution in [2.45, 2.75) is 31.6 Å². The fraction of sp³-hybridized carbons (Fsp3) is 0.500. The van der Waals surface area contributed by atoms with Crippen molar-refractivity contribution in [1.29, 1.82) is 0 Å². The predicted octanol–water partition coefficient (Wildman–Crippen LogP) is 2.44. The van der Waals surface area contributed by atoms with Crippen molar-refractivity contribution in [3.05, 3.63) is 30.1 Å². The van der Waals surface area contributed by atoms with Crippen molar-refractivity contribution in [3.8, 4) is 0 Å². The molecule has 15 heavy (non-hydrogen) atoms. The minimum absolute atomic E-state index is 0.163. The summed E-state index contributed by atoms with van der Waals surface area (Å²) in [5, 5.41) is 8.99. The molecule has 0 bridgehead atoms. The van der Waals surface area contributed by atoms with Gasteiger partial charge in [-0.2, -0.15) is 0 Å². The fourth-order valence-corrected chi connectivity index (χ4v) is 2.33. The zero-order valence-corrected chi connectivity index (χ0v) is 8.60. The minimum atomic E-state index is -0.649. The van der Waals surface area contributed by atoms with Crippen LogP contribution in [0.25, 0.3) is 0 Å². The Morgan fingerprint density at radius 1 is 1.47 bits per heavy atom. The Labute approximate surface area is 89.2 Å². The smallest absolute Gasteiger partial charge is 0.306 e. The van der Waals surface area contributed by atoms with Crippen LogP contribution in [0.5, 0.6) is 0 Å². The lowest BCUT2D eigenvalue weighted by Gasteiger charge is -2.26. The molecule has 1 heterocycles. The van der Waals surface area contributed by atoms with Gasteiger partial charge in [0.15, 0.2) is 0 Å². The number of hydrogen-bond donors (Lipinski definition) is 1. The maximum atomic E-state index is 10.9. The van der Waals surface area contributed by atoms with E-state index in [4.69, 9.17) is 5.11 Å². The molecule has 0 radical (unpaired) electrons. The number of rotatable bonds is 2. The third-order valence-electron chi connectivity index (χ3n) is 3.18. The topological polar surface area (TPSA) is 50.2 Å². The molecular formula is C12H15NO2.